The van der Waals surface area contributed by atoms with E-state index in [0.717, 1.165) is 35.6 Å². The Bertz CT molecular complexity index is 550. The van der Waals surface area contributed by atoms with Crippen LogP contribution in [0.4, 0.5) is 5.82 Å². The fourth-order valence-corrected chi connectivity index (χ4v) is 2.42. The molecule has 0 radical (unpaired) electrons. The minimum absolute atomic E-state index is 0.617. The van der Waals surface area contributed by atoms with Crippen molar-refractivity contribution in [2.24, 2.45) is 0 Å². The number of benzene rings is 1. The quantitative estimate of drug-likeness (QED) is 0.905. The van der Waals surface area contributed by atoms with Crippen LogP contribution in [0.3, 0.4) is 0 Å². The monoisotopic (exact) mass is 270 g/mol. The molecule has 2 aromatic rings. The van der Waals surface area contributed by atoms with E-state index in [1.807, 2.05) is 43.3 Å². The first-order chi connectivity index (χ1) is 9.67. The van der Waals surface area contributed by atoms with Gasteiger partial charge in [0.2, 0.25) is 0 Å². The Labute approximate surface area is 120 Å². The van der Waals surface area contributed by atoms with Crippen molar-refractivity contribution in [3.63, 3.8) is 0 Å². The summed E-state index contributed by atoms with van der Waals surface area (Å²) in [6.07, 6.45) is 1.16. The van der Waals surface area contributed by atoms with Crippen molar-refractivity contribution in [2.75, 3.05) is 18.0 Å². The van der Waals surface area contributed by atoms with Crippen molar-refractivity contribution in [3.05, 3.63) is 59.3 Å². The van der Waals surface area contributed by atoms with Gasteiger partial charge in [-0.1, -0.05) is 30.3 Å². The maximum absolute atomic E-state index is 10.4. The first-order valence-electron chi connectivity index (χ1n) is 7.11. The van der Waals surface area contributed by atoms with E-state index in [0.29, 0.717) is 0 Å². The maximum Gasteiger partial charge on any atom is 0.131 e. The van der Waals surface area contributed by atoms with Crippen LogP contribution in [0.5, 0.6) is 0 Å². The van der Waals surface area contributed by atoms with Gasteiger partial charge in [0.05, 0.1) is 0 Å². The number of nitrogens with zero attached hydrogens (tertiary/aromatic N) is 2. The molecular formula is C17H22N2O. The van der Waals surface area contributed by atoms with Gasteiger partial charge in [-0.05, 0) is 38.0 Å². The van der Waals surface area contributed by atoms with Crippen LogP contribution in [0.25, 0.3) is 0 Å². The van der Waals surface area contributed by atoms with Crippen molar-refractivity contribution in [2.45, 2.75) is 26.9 Å². The van der Waals surface area contributed by atoms with Gasteiger partial charge in [0.25, 0.3) is 0 Å². The second-order valence-electron chi connectivity index (χ2n) is 4.89. The zero-order valence-corrected chi connectivity index (χ0v) is 12.4. The third kappa shape index (κ3) is 2.99. The summed E-state index contributed by atoms with van der Waals surface area (Å²) in [5.74, 6) is 0.999. The van der Waals surface area contributed by atoms with E-state index in [1.54, 1.807) is 6.20 Å². The largest absolute Gasteiger partial charge is 0.384 e. The van der Waals surface area contributed by atoms with Gasteiger partial charge < -0.3 is 10.0 Å². The van der Waals surface area contributed by atoms with E-state index in [1.165, 1.54) is 0 Å². The minimum atomic E-state index is -0.617. The highest BCUT2D eigenvalue weighted by Crippen LogP contribution is 2.25. The van der Waals surface area contributed by atoms with E-state index < -0.39 is 6.10 Å². The lowest BCUT2D eigenvalue weighted by Gasteiger charge is -2.22. The Morgan fingerprint density at radius 2 is 1.75 bits per heavy atom. The van der Waals surface area contributed by atoms with Gasteiger partial charge in [0.1, 0.15) is 11.9 Å². The minimum Gasteiger partial charge on any atom is -0.384 e. The Morgan fingerprint density at radius 3 is 2.30 bits per heavy atom. The van der Waals surface area contributed by atoms with Gasteiger partial charge in [0.15, 0.2) is 0 Å². The predicted octanol–water partition coefficient (Wildman–Crippen LogP) is 3.32. The van der Waals surface area contributed by atoms with Crippen LogP contribution in [-0.2, 0) is 0 Å². The third-order valence-corrected chi connectivity index (χ3v) is 3.57. The average Bonchev–Trinajstić information content (AvgIpc) is 2.50. The molecule has 1 aromatic carbocycles. The second kappa shape index (κ2) is 6.53. The number of aliphatic hydroxyl groups excluding tert-OH is 1. The number of rotatable bonds is 5. The number of aryl methyl sites for hydroxylation is 1. The summed E-state index contributed by atoms with van der Waals surface area (Å²) in [6, 6.07) is 11.7. The van der Waals surface area contributed by atoms with E-state index in [4.69, 9.17) is 0 Å². The SMILES string of the molecule is CCN(CC)c1ncc(C(O)c2ccccc2)cc1C. The summed E-state index contributed by atoms with van der Waals surface area (Å²) < 4.78 is 0. The summed E-state index contributed by atoms with van der Waals surface area (Å²) in [5.41, 5.74) is 2.83. The number of hydrogen-bond donors (Lipinski definition) is 1. The number of aromatic nitrogens is 1. The van der Waals surface area contributed by atoms with Gasteiger partial charge in [-0.15, -0.1) is 0 Å². The van der Waals surface area contributed by atoms with Crippen LogP contribution in [-0.4, -0.2) is 23.2 Å². The lowest BCUT2D eigenvalue weighted by atomic mass is 10.0. The molecule has 0 aliphatic carbocycles. The normalized spacial score (nSPS) is 12.2. The molecule has 1 N–H and O–H groups in total. The fraction of sp³-hybridized carbons (Fsp3) is 0.353. The highest BCUT2D eigenvalue weighted by Gasteiger charge is 2.13. The van der Waals surface area contributed by atoms with Crippen LogP contribution >= 0.6 is 0 Å². The Kier molecular flexibility index (Phi) is 4.74. The highest BCUT2D eigenvalue weighted by atomic mass is 16.3. The van der Waals surface area contributed by atoms with E-state index in [9.17, 15) is 5.11 Å². The number of aliphatic hydroxyl groups is 1. The summed E-state index contributed by atoms with van der Waals surface area (Å²) in [7, 11) is 0. The molecule has 20 heavy (non-hydrogen) atoms. The smallest absolute Gasteiger partial charge is 0.131 e. The summed E-state index contributed by atoms with van der Waals surface area (Å²) in [6.45, 7) is 8.16. The zero-order chi connectivity index (χ0) is 14.5. The molecular weight excluding hydrogens is 248 g/mol. The Hall–Kier alpha value is -1.87. The molecule has 1 atom stereocenters. The Balaban J connectivity index is 2.29. The number of anilines is 1. The second-order valence-corrected chi connectivity index (χ2v) is 4.89. The molecule has 0 spiro atoms. The topological polar surface area (TPSA) is 36.4 Å². The van der Waals surface area contributed by atoms with Crippen LogP contribution in [0.2, 0.25) is 0 Å². The highest BCUT2D eigenvalue weighted by molar-refractivity contribution is 5.48. The Morgan fingerprint density at radius 1 is 1.10 bits per heavy atom. The molecule has 1 heterocycles. The van der Waals surface area contributed by atoms with E-state index in [-0.39, 0.29) is 0 Å². The molecule has 3 nitrogen and oxygen atoms in total. The molecule has 0 saturated heterocycles. The summed E-state index contributed by atoms with van der Waals surface area (Å²) >= 11 is 0. The van der Waals surface area contributed by atoms with Gasteiger partial charge in [-0.2, -0.15) is 0 Å². The van der Waals surface area contributed by atoms with Crippen molar-refractivity contribution >= 4 is 5.82 Å². The average molecular weight is 270 g/mol. The molecule has 106 valence electrons. The molecule has 0 bridgehead atoms. The molecule has 0 aliphatic rings. The van der Waals surface area contributed by atoms with Crippen molar-refractivity contribution in [1.29, 1.82) is 0 Å². The van der Waals surface area contributed by atoms with Crippen LogP contribution in [0.1, 0.15) is 36.6 Å². The fourth-order valence-electron chi connectivity index (χ4n) is 2.42. The van der Waals surface area contributed by atoms with Crippen molar-refractivity contribution < 1.29 is 5.11 Å². The predicted molar refractivity (Wildman–Crippen MR) is 83.0 cm³/mol. The zero-order valence-electron chi connectivity index (χ0n) is 12.4. The standard InChI is InChI=1S/C17H22N2O/c1-4-19(5-2)17-13(3)11-15(12-18-17)16(20)14-9-7-6-8-10-14/h6-12,16,20H,4-5H2,1-3H3. The van der Waals surface area contributed by atoms with Gasteiger partial charge in [-0.25, -0.2) is 4.98 Å². The number of hydrogen-bond acceptors (Lipinski definition) is 3. The van der Waals surface area contributed by atoms with Crippen LogP contribution < -0.4 is 4.90 Å². The molecule has 3 heteroatoms. The van der Waals surface area contributed by atoms with Gasteiger partial charge in [-0.3, -0.25) is 0 Å². The molecule has 0 amide bonds. The van der Waals surface area contributed by atoms with Gasteiger partial charge >= 0.3 is 0 Å². The maximum atomic E-state index is 10.4. The lowest BCUT2D eigenvalue weighted by Crippen LogP contribution is -2.24. The molecule has 0 saturated carbocycles. The third-order valence-electron chi connectivity index (χ3n) is 3.57. The van der Waals surface area contributed by atoms with Crippen LogP contribution in [0, 0.1) is 6.92 Å². The lowest BCUT2D eigenvalue weighted by molar-refractivity contribution is 0.220. The molecule has 1 aromatic heterocycles. The molecule has 0 aliphatic heterocycles. The van der Waals surface area contributed by atoms with Gasteiger partial charge in [0, 0.05) is 24.8 Å². The van der Waals surface area contributed by atoms with Crippen molar-refractivity contribution in [1.82, 2.24) is 4.98 Å². The number of pyridine rings is 1. The molecule has 0 fully saturated rings. The van der Waals surface area contributed by atoms with E-state index in [2.05, 4.69) is 23.7 Å². The first-order valence-corrected chi connectivity index (χ1v) is 7.11. The van der Waals surface area contributed by atoms with E-state index >= 15 is 0 Å². The summed E-state index contributed by atoms with van der Waals surface area (Å²) in [4.78, 5) is 6.75. The first kappa shape index (κ1) is 14.5. The molecule has 2 rings (SSSR count). The molecule has 1 unspecified atom stereocenters. The van der Waals surface area contributed by atoms with Crippen LogP contribution in [0.15, 0.2) is 42.6 Å². The summed E-state index contributed by atoms with van der Waals surface area (Å²) in [5, 5.41) is 10.4. The van der Waals surface area contributed by atoms with Crippen molar-refractivity contribution in [3.8, 4) is 0 Å².